The number of aromatic nitrogens is 1. The quantitative estimate of drug-likeness (QED) is 0.272. The molecule has 2 heterocycles. The molecule has 47 heavy (non-hydrogen) atoms. The molecule has 1 saturated heterocycles. The number of nitrogen functional groups attached to an aromatic ring is 1. The van der Waals surface area contributed by atoms with Gasteiger partial charge in [-0.15, -0.1) is 11.3 Å². The molecule has 1 aliphatic heterocycles. The lowest BCUT2D eigenvalue weighted by Gasteiger charge is -2.42. The zero-order chi connectivity index (χ0) is 34.3. The van der Waals surface area contributed by atoms with Crippen LogP contribution in [0.5, 0.6) is 0 Å². The third kappa shape index (κ3) is 9.90. The van der Waals surface area contributed by atoms with Crippen molar-refractivity contribution in [1.29, 1.82) is 0 Å². The lowest BCUT2D eigenvalue weighted by Crippen LogP contribution is -2.55. The number of carbonyl (C=O) groups is 4. The van der Waals surface area contributed by atoms with E-state index in [0.717, 1.165) is 51.4 Å². The van der Waals surface area contributed by atoms with Gasteiger partial charge in [0.05, 0.1) is 36.2 Å². The van der Waals surface area contributed by atoms with Crippen LogP contribution in [0.25, 0.3) is 0 Å². The van der Waals surface area contributed by atoms with Crippen LogP contribution in [0.3, 0.4) is 0 Å². The maximum absolute atomic E-state index is 15.0. The maximum Gasteiger partial charge on any atom is 0.241 e. The van der Waals surface area contributed by atoms with Crippen molar-refractivity contribution in [2.24, 2.45) is 23.7 Å². The zero-order valence-electron chi connectivity index (χ0n) is 29.2. The van der Waals surface area contributed by atoms with Crippen LogP contribution in [0, 0.1) is 23.7 Å². The predicted molar refractivity (Wildman–Crippen MR) is 184 cm³/mol. The SMILES string of the molecule is CN(C)C(=O)CNC(=O)C[C@@H](Cc1csc(N)n1)C(=O)N(CC1CCCCC1)[C@@H](CC1CCCCC1)[C@@H](O)[C@@H]1CC(C)(C)N(C)C1=O. The fourth-order valence-electron chi connectivity index (χ4n) is 7.87. The highest BCUT2D eigenvalue weighted by Gasteiger charge is 2.50. The van der Waals surface area contributed by atoms with Gasteiger partial charge in [0.1, 0.15) is 0 Å². The summed E-state index contributed by atoms with van der Waals surface area (Å²) in [6.07, 6.45) is 11.2. The highest BCUT2D eigenvalue weighted by atomic mass is 32.1. The number of rotatable bonds is 14. The molecule has 0 aromatic carbocycles. The van der Waals surface area contributed by atoms with Crippen molar-refractivity contribution in [3.8, 4) is 0 Å². The number of likely N-dealkylation sites (N-methyl/N-ethyl adjacent to an activating group) is 1. The van der Waals surface area contributed by atoms with Gasteiger partial charge >= 0.3 is 0 Å². The van der Waals surface area contributed by atoms with Crippen molar-refractivity contribution in [2.75, 3.05) is 40.0 Å². The van der Waals surface area contributed by atoms with Crippen LogP contribution in [0.15, 0.2) is 5.38 Å². The maximum atomic E-state index is 15.0. The first-order valence-corrected chi connectivity index (χ1v) is 18.6. The van der Waals surface area contributed by atoms with E-state index in [1.807, 2.05) is 24.1 Å². The van der Waals surface area contributed by atoms with E-state index in [-0.39, 0.29) is 43.0 Å². The van der Waals surface area contributed by atoms with E-state index in [4.69, 9.17) is 5.73 Å². The van der Waals surface area contributed by atoms with Crippen LogP contribution in [-0.2, 0) is 25.6 Å². The molecule has 11 nitrogen and oxygen atoms in total. The van der Waals surface area contributed by atoms with Crippen molar-refractivity contribution >= 4 is 40.1 Å². The molecular weight excluding hydrogens is 616 g/mol. The number of nitrogens with zero attached hydrogens (tertiary/aromatic N) is 4. The summed E-state index contributed by atoms with van der Waals surface area (Å²) in [4.78, 5) is 63.5. The normalized spacial score (nSPS) is 22.5. The molecule has 4 amide bonds. The van der Waals surface area contributed by atoms with Gasteiger partial charge in [-0.3, -0.25) is 19.2 Å². The molecule has 1 aromatic rings. The van der Waals surface area contributed by atoms with E-state index in [2.05, 4.69) is 10.3 Å². The van der Waals surface area contributed by atoms with E-state index in [1.165, 1.54) is 29.1 Å². The van der Waals surface area contributed by atoms with Crippen LogP contribution in [0.4, 0.5) is 5.13 Å². The Morgan fingerprint density at radius 2 is 1.70 bits per heavy atom. The molecule has 3 fully saturated rings. The second-order valence-corrected chi connectivity index (χ2v) is 16.0. The first-order valence-electron chi connectivity index (χ1n) is 17.7. The fourth-order valence-corrected chi connectivity index (χ4v) is 8.45. The van der Waals surface area contributed by atoms with Gasteiger partial charge in [-0.05, 0) is 51.4 Å². The Bertz CT molecular complexity index is 1220. The number of nitrogens with one attached hydrogen (secondary N) is 1. The van der Waals surface area contributed by atoms with Crippen LogP contribution in [0.2, 0.25) is 0 Å². The second-order valence-electron chi connectivity index (χ2n) is 15.2. The fraction of sp³-hybridized carbons (Fsp3) is 0.800. The minimum atomic E-state index is -1.02. The molecule has 1 aromatic heterocycles. The first-order chi connectivity index (χ1) is 22.3. The summed E-state index contributed by atoms with van der Waals surface area (Å²) in [5, 5.41) is 17.2. The van der Waals surface area contributed by atoms with Crippen molar-refractivity contribution in [1.82, 2.24) is 25.0 Å². The van der Waals surface area contributed by atoms with Gasteiger partial charge in [-0.1, -0.05) is 51.4 Å². The molecule has 0 radical (unpaired) electrons. The Balaban J connectivity index is 1.69. The monoisotopic (exact) mass is 674 g/mol. The van der Waals surface area contributed by atoms with Gasteiger partial charge in [0.2, 0.25) is 23.6 Å². The molecular formula is C35H58N6O5S. The summed E-state index contributed by atoms with van der Waals surface area (Å²) < 4.78 is 0. The molecule has 3 aliphatic rings. The number of thiazole rings is 1. The minimum Gasteiger partial charge on any atom is -0.390 e. The third-order valence-electron chi connectivity index (χ3n) is 11.0. The molecule has 0 unspecified atom stereocenters. The van der Waals surface area contributed by atoms with Crippen molar-refractivity contribution < 1.29 is 24.3 Å². The summed E-state index contributed by atoms with van der Waals surface area (Å²) in [5.74, 6) is -1.65. The van der Waals surface area contributed by atoms with Gasteiger partial charge in [0.25, 0.3) is 0 Å². The van der Waals surface area contributed by atoms with Crippen molar-refractivity contribution in [3.05, 3.63) is 11.1 Å². The molecule has 12 heteroatoms. The molecule has 4 N–H and O–H groups in total. The summed E-state index contributed by atoms with van der Waals surface area (Å²) in [5.41, 5.74) is 6.20. The average molecular weight is 675 g/mol. The van der Waals surface area contributed by atoms with Gasteiger partial charge in [0.15, 0.2) is 5.13 Å². The summed E-state index contributed by atoms with van der Waals surface area (Å²) >= 11 is 1.29. The smallest absolute Gasteiger partial charge is 0.241 e. The number of amides is 4. The lowest BCUT2D eigenvalue weighted by atomic mass is 9.79. The molecule has 2 aliphatic carbocycles. The standard InChI is InChI=1S/C35H58N6O5S/c1-35(2)19-27(33(46)40(35)5)31(44)28(16-23-12-8-6-9-13-23)41(21-24-14-10-7-11-15-24)32(45)25(17-26-22-47-34(36)38-26)18-29(42)37-20-30(43)39(3)4/h22-25,27-28,31,44H,6-21H2,1-5H3,(H2,36,38)(H,37,42)/t25-,27+,28+,31+/m1/s1. The number of aliphatic hydroxyl groups excluding tert-OH is 1. The summed E-state index contributed by atoms with van der Waals surface area (Å²) in [6, 6.07) is -0.551. The largest absolute Gasteiger partial charge is 0.390 e. The average Bonchev–Trinajstić information content (AvgIpc) is 3.55. The molecule has 264 valence electrons. The third-order valence-corrected chi connectivity index (χ3v) is 11.7. The van der Waals surface area contributed by atoms with Crippen LogP contribution < -0.4 is 11.1 Å². The Kier molecular flexibility index (Phi) is 13.1. The van der Waals surface area contributed by atoms with Crippen LogP contribution >= 0.6 is 11.3 Å². The first kappa shape index (κ1) is 37.1. The van der Waals surface area contributed by atoms with E-state index >= 15 is 0 Å². The predicted octanol–water partition coefficient (Wildman–Crippen LogP) is 3.84. The Hall–Kier alpha value is -2.73. The van der Waals surface area contributed by atoms with Crippen LogP contribution in [0.1, 0.15) is 103 Å². The van der Waals surface area contributed by atoms with E-state index < -0.39 is 35.4 Å². The Morgan fingerprint density at radius 3 is 2.23 bits per heavy atom. The molecule has 4 atom stereocenters. The number of carbonyl (C=O) groups excluding carboxylic acids is 4. The summed E-state index contributed by atoms with van der Waals surface area (Å²) in [7, 11) is 5.05. The van der Waals surface area contributed by atoms with Crippen LogP contribution in [-0.4, -0.2) is 100 Å². The molecule has 2 saturated carbocycles. The highest BCUT2D eigenvalue weighted by Crippen LogP contribution is 2.39. The van der Waals surface area contributed by atoms with E-state index in [1.54, 1.807) is 26.0 Å². The Morgan fingerprint density at radius 1 is 1.09 bits per heavy atom. The lowest BCUT2D eigenvalue weighted by molar-refractivity contribution is -0.148. The number of hydrogen-bond donors (Lipinski definition) is 3. The minimum absolute atomic E-state index is 0.0827. The number of anilines is 1. The van der Waals surface area contributed by atoms with E-state index in [0.29, 0.717) is 36.1 Å². The zero-order valence-corrected chi connectivity index (χ0v) is 30.0. The van der Waals surface area contributed by atoms with Gasteiger partial charge in [-0.25, -0.2) is 4.98 Å². The van der Waals surface area contributed by atoms with Gasteiger partial charge < -0.3 is 30.9 Å². The summed E-state index contributed by atoms with van der Waals surface area (Å²) in [6.45, 7) is 4.38. The molecule has 4 rings (SSSR count). The van der Waals surface area contributed by atoms with Crippen molar-refractivity contribution in [2.45, 2.75) is 121 Å². The van der Waals surface area contributed by atoms with Crippen molar-refractivity contribution in [3.63, 3.8) is 0 Å². The van der Waals surface area contributed by atoms with Gasteiger partial charge in [0, 0.05) is 51.4 Å². The molecule has 0 bridgehead atoms. The number of aliphatic hydroxyl groups is 1. The Labute approximate surface area is 285 Å². The van der Waals surface area contributed by atoms with E-state index in [9.17, 15) is 24.3 Å². The number of hydrogen-bond acceptors (Lipinski definition) is 8. The molecule has 0 spiro atoms. The highest BCUT2D eigenvalue weighted by molar-refractivity contribution is 7.13. The number of likely N-dealkylation sites (tertiary alicyclic amines) is 1. The number of nitrogens with two attached hydrogens (primary N) is 1. The second kappa shape index (κ2) is 16.6. The van der Waals surface area contributed by atoms with Gasteiger partial charge in [-0.2, -0.15) is 0 Å². The topological polar surface area (TPSA) is 149 Å².